The highest BCUT2D eigenvalue weighted by atomic mass is 32.1. The number of amides is 2. The first-order valence-electron chi connectivity index (χ1n) is 11.1. The molecule has 178 valence electrons. The van der Waals surface area contributed by atoms with Crippen molar-refractivity contribution < 1.29 is 22.8 Å². The van der Waals surface area contributed by atoms with Crippen molar-refractivity contribution in [3.8, 4) is 0 Å². The van der Waals surface area contributed by atoms with Crippen LogP contribution in [0.2, 0.25) is 0 Å². The SMILES string of the molecule is Cc1ccc(CN(Cc2ccccc2)C(=O)CN(C(=O)c2ccc(C(F)(F)F)cc2)C2CC2)s1. The molecule has 0 spiro atoms. The van der Waals surface area contributed by atoms with Crippen molar-refractivity contribution in [2.24, 2.45) is 0 Å². The molecule has 1 heterocycles. The summed E-state index contributed by atoms with van der Waals surface area (Å²) in [6.07, 6.45) is -2.91. The average molecular weight is 487 g/mol. The Hall–Kier alpha value is -3.13. The summed E-state index contributed by atoms with van der Waals surface area (Å²) in [5.41, 5.74) is 0.325. The molecule has 2 amide bonds. The molecular weight excluding hydrogens is 461 g/mol. The molecule has 1 fully saturated rings. The van der Waals surface area contributed by atoms with Crippen molar-refractivity contribution in [3.63, 3.8) is 0 Å². The van der Waals surface area contributed by atoms with E-state index in [2.05, 4.69) is 0 Å². The van der Waals surface area contributed by atoms with Gasteiger partial charge in [0.15, 0.2) is 0 Å². The molecule has 0 bridgehead atoms. The fourth-order valence-corrected chi connectivity index (χ4v) is 4.67. The largest absolute Gasteiger partial charge is 0.416 e. The molecule has 0 N–H and O–H groups in total. The number of carbonyl (C=O) groups excluding carboxylic acids is 2. The molecular formula is C26H25F3N2O2S. The number of benzene rings is 2. The van der Waals surface area contributed by atoms with Crippen molar-refractivity contribution in [2.45, 2.75) is 45.1 Å². The summed E-state index contributed by atoms with van der Waals surface area (Å²) in [6, 6.07) is 17.8. The molecule has 0 radical (unpaired) electrons. The van der Waals surface area contributed by atoms with Gasteiger partial charge in [0.25, 0.3) is 5.91 Å². The number of aryl methyl sites for hydroxylation is 1. The summed E-state index contributed by atoms with van der Waals surface area (Å²) < 4.78 is 38.7. The lowest BCUT2D eigenvalue weighted by Gasteiger charge is -2.28. The van der Waals surface area contributed by atoms with Crippen LogP contribution in [0.25, 0.3) is 0 Å². The normalized spacial score (nSPS) is 13.5. The predicted molar refractivity (Wildman–Crippen MR) is 125 cm³/mol. The van der Waals surface area contributed by atoms with E-state index in [4.69, 9.17) is 0 Å². The molecule has 4 nitrogen and oxygen atoms in total. The zero-order chi connectivity index (χ0) is 24.3. The lowest BCUT2D eigenvalue weighted by molar-refractivity contribution is -0.137. The van der Waals surface area contributed by atoms with Gasteiger partial charge in [-0.2, -0.15) is 13.2 Å². The van der Waals surface area contributed by atoms with Gasteiger partial charge in [-0.15, -0.1) is 11.3 Å². The fourth-order valence-electron chi connectivity index (χ4n) is 3.76. The van der Waals surface area contributed by atoms with E-state index in [9.17, 15) is 22.8 Å². The van der Waals surface area contributed by atoms with Gasteiger partial charge in [0.05, 0.1) is 12.1 Å². The first-order chi connectivity index (χ1) is 16.2. The number of rotatable bonds is 8. The quantitative estimate of drug-likeness (QED) is 0.397. The standard InChI is InChI=1S/C26H25F3N2O2S/c1-18-7-14-23(34-18)16-30(15-19-5-3-2-4-6-19)24(32)17-31(22-12-13-22)25(33)20-8-10-21(11-9-20)26(27,28)29/h2-11,14,22H,12-13,15-17H2,1H3. The van der Waals surface area contributed by atoms with E-state index in [-0.39, 0.29) is 24.1 Å². The number of carbonyl (C=O) groups is 2. The van der Waals surface area contributed by atoms with Gasteiger partial charge in [-0.3, -0.25) is 9.59 Å². The van der Waals surface area contributed by atoms with Gasteiger partial charge in [0.1, 0.15) is 6.54 Å². The van der Waals surface area contributed by atoms with Crippen LogP contribution < -0.4 is 0 Å². The lowest BCUT2D eigenvalue weighted by atomic mass is 10.1. The lowest BCUT2D eigenvalue weighted by Crippen LogP contribution is -2.43. The van der Waals surface area contributed by atoms with Crippen LogP contribution in [0.1, 0.15) is 44.1 Å². The van der Waals surface area contributed by atoms with Crippen LogP contribution in [-0.4, -0.2) is 34.2 Å². The Kier molecular flexibility index (Phi) is 7.07. The maximum absolute atomic E-state index is 13.4. The van der Waals surface area contributed by atoms with Gasteiger partial charge in [0, 0.05) is 27.9 Å². The maximum atomic E-state index is 13.4. The van der Waals surface area contributed by atoms with E-state index in [1.54, 1.807) is 16.2 Å². The van der Waals surface area contributed by atoms with Crippen LogP contribution in [0.3, 0.4) is 0 Å². The van der Waals surface area contributed by atoms with E-state index in [0.29, 0.717) is 13.1 Å². The maximum Gasteiger partial charge on any atom is 0.416 e. The van der Waals surface area contributed by atoms with E-state index >= 15 is 0 Å². The Bertz CT molecular complexity index is 1140. The van der Waals surface area contributed by atoms with E-state index in [0.717, 1.165) is 40.3 Å². The Morgan fingerprint density at radius 3 is 2.18 bits per heavy atom. The molecule has 3 aromatic rings. The van der Waals surface area contributed by atoms with E-state index < -0.39 is 17.6 Å². The molecule has 0 unspecified atom stereocenters. The zero-order valence-electron chi connectivity index (χ0n) is 18.7. The second-order valence-corrected chi connectivity index (χ2v) is 9.86. The first-order valence-corrected chi connectivity index (χ1v) is 11.9. The minimum absolute atomic E-state index is 0.0682. The second kappa shape index (κ2) is 10.0. The van der Waals surface area contributed by atoms with Gasteiger partial charge in [-0.25, -0.2) is 0 Å². The van der Waals surface area contributed by atoms with Crippen LogP contribution in [0, 0.1) is 6.92 Å². The first kappa shape index (κ1) is 24.0. The van der Waals surface area contributed by atoms with Crippen molar-refractivity contribution in [2.75, 3.05) is 6.54 Å². The summed E-state index contributed by atoms with van der Waals surface area (Å²) in [6.45, 7) is 2.74. The molecule has 0 aliphatic heterocycles. The van der Waals surface area contributed by atoms with Crippen LogP contribution in [0.5, 0.6) is 0 Å². The number of hydrogen-bond donors (Lipinski definition) is 0. The third-order valence-electron chi connectivity index (χ3n) is 5.72. The number of nitrogens with zero attached hydrogens (tertiary/aromatic N) is 2. The molecule has 1 aliphatic rings. The van der Waals surface area contributed by atoms with Gasteiger partial charge in [-0.1, -0.05) is 30.3 Å². The average Bonchev–Trinajstić information content (AvgIpc) is 3.58. The minimum Gasteiger partial charge on any atom is -0.332 e. The van der Waals surface area contributed by atoms with Crippen molar-refractivity contribution in [3.05, 3.63) is 93.2 Å². The Morgan fingerprint density at radius 2 is 1.62 bits per heavy atom. The van der Waals surface area contributed by atoms with Gasteiger partial charge >= 0.3 is 6.18 Å². The van der Waals surface area contributed by atoms with Crippen molar-refractivity contribution in [1.82, 2.24) is 9.80 Å². The topological polar surface area (TPSA) is 40.6 Å². The van der Waals surface area contributed by atoms with E-state index in [1.807, 2.05) is 49.4 Å². The molecule has 0 saturated heterocycles. The van der Waals surface area contributed by atoms with Crippen molar-refractivity contribution >= 4 is 23.2 Å². The number of halogens is 3. The Balaban J connectivity index is 1.52. The Labute approximate surface area is 200 Å². The van der Waals surface area contributed by atoms with Gasteiger partial charge < -0.3 is 9.80 Å². The predicted octanol–water partition coefficient (Wildman–Crippen LogP) is 5.91. The molecule has 1 saturated carbocycles. The summed E-state index contributed by atoms with van der Waals surface area (Å²) >= 11 is 1.62. The molecule has 8 heteroatoms. The zero-order valence-corrected chi connectivity index (χ0v) is 19.5. The molecule has 34 heavy (non-hydrogen) atoms. The third-order valence-corrected chi connectivity index (χ3v) is 6.71. The molecule has 0 atom stereocenters. The summed E-state index contributed by atoms with van der Waals surface area (Å²) in [5.74, 6) is -0.613. The van der Waals surface area contributed by atoms with Gasteiger partial charge in [-0.05, 0) is 61.7 Å². The molecule has 1 aliphatic carbocycles. The van der Waals surface area contributed by atoms with Crippen molar-refractivity contribution in [1.29, 1.82) is 0 Å². The van der Waals surface area contributed by atoms with Crippen LogP contribution in [0.15, 0.2) is 66.7 Å². The van der Waals surface area contributed by atoms with Crippen LogP contribution >= 0.6 is 11.3 Å². The smallest absolute Gasteiger partial charge is 0.332 e. The number of hydrogen-bond acceptors (Lipinski definition) is 3. The minimum atomic E-state index is -4.47. The third kappa shape index (κ3) is 6.05. The number of alkyl halides is 3. The summed E-state index contributed by atoms with van der Waals surface area (Å²) in [5, 5.41) is 0. The van der Waals surface area contributed by atoms with Gasteiger partial charge in [0.2, 0.25) is 5.91 Å². The summed E-state index contributed by atoms with van der Waals surface area (Å²) in [4.78, 5) is 32.0. The van der Waals surface area contributed by atoms with Crippen LogP contribution in [0.4, 0.5) is 13.2 Å². The van der Waals surface area contributed by atoms with Crippen LogP contribution in [-0.2, 0) is 24.1 Å². The number of thiophene rings is 1. The highest BCUT2D eigenvalue weighted by Gasteiger charge is 2.36. The highest BCUT2D eigenvalue weighted by molar-refractivity contribution is 7.11. The monoisotopic (exact) mass is 486 g/mol. The molecule has 1 aromatic heterocycles. The van der Waals surface area contributed by atoms with E-state index in [1.165, 1.54) is 17.0 Å². The Morgan fingerprint density at radius 1 is 0.941 bits per heavy atom. The molecule has 2 aromatic carbocycles. The summed E-state index contributed by atoms with van der Waals surface area (Å²) in [7, 11) is 0. The second-order valence-electron chi connectivity index (χ2n) is 8.49. The highest BCUT2D eigenvalue weighted by Crippen LogP contribution is 2.31. The fraction of sp³-hybridized carbons (Fsp3) is 0.308. The molecule has 4 rings (SSSR count).